The average molecular weight is 320 g/mol. The Labute approximate surface area is 132 Å². The van der Waals surface area contributed by atoms with Crippen LogP contribution in [-0.2, 0) is 16.1 Å². The van der Waals surface area contributed by atoms with Gasteiger partial charge in [-0.25, -0.2) is 4.79 Å². The van der Waals surface area contributed by atoms with E-state index in [0.29, 0.717) is 0 Å². The molecule has 0 aliphatic carbocycles. The minimum atomic E-state index is -0.664. The molecule has 0 heterocycles. The normalized spacial score (nSPS) is 10.2. The summed E-state index contributed by atoms with van der Waals surface area (Å²) < 4.78 is 9.31. The van der Waals surface area contributed by atoms with Crippen molar-refractivity contribution in [3.8, 4) is 0 Å². The fraction of sp³-hybridized carbons (Fsp3) is 0.188. The van der Waals surface area contributed by atoms with Crippen molar-refractivity contribution in [3.05, 3.63) is 59.7 Å². The van der Waals surface area contributed by atoms with Crippen molar-refractivity contribution in [2.45, 2.75) is 23.3 Å². The minimum Gasteiger partial charge on any atom is -0.438 e. The van der Waals surface area contributed by atoms with Gasteiger partial charge in [-0.3, -0.25) is 0 Å². The monoisotopic (exact) mass is 320 g/mol. The fourth-order valence-corrected chi connectivity index (χ4v) is 3.46. The lowest BCUT2D eigenvalue weighted by Crippen LogP contribution is -2.03. The minimum absolute atomic E-state index is 0.225. The number of methoxy groups -OCH3 is 1. The average Bonchev–Trinajstić information content (AvgIpc) is 2.53. The molecule has 0 saturated heterocycles. The molecule has 0 unspecified atom stereocenters. The first-order valence-electron chi connectivity index (χ1n) is 6.38. The number of carbonyl (C=O) groups is 1. The zero-order chi connectivity index (χ0) is 15.1. The highest BCUT2D eigenvalue weighted by Gasteiger charge is 2.02. The molecule has 3 nitrogen and oxygen atoms in total. The molecule has 5 heteroatoms. The first kappa shape index (κ1) is 15.8. The van der Waals surface area contributed by atoms with E-state index in [1.807, 2.05) is 24.3 Å². The van der Waals surface area contributed by atoms with E-state index in [2.05, 4.69) is 35.9 Å². The van der Waals surface area contributed by atoms with Crippen LogP contribution in [0.4, 0.5) is 4.79 Å². The molecule has 0 atom stereocenters. The lowest BCUT2D eigenvalue weighted by molar-refractivity contribution is 0.0669. The predicted octanol–water partition coefficient (Wildman–Crippen LogP) is 5.08. The second kappa shape index (κ2) is 8.00. The van der Waals surface area contributed by atoms with Gasteiger partial charge in [-0.2, -0.15) is 0 Å². The Balaban J connectivity index is 1.84. The molecule has 0 spiro atoms. The van der Waals surface area contributed by atoms with Gasteiger partial charge in [0.15, 0.2) is 0 Å². The van der Waals surface area contributed by atoms with E-state index in [4.69, 9.17) is 4.74 Å². The van der Waals surface area contributed by atoms with Crippen LogP contribution < -0.4 is 0 Å². The molecule has 0 aliphatic heterocycles. The molecule has 0 bridgehead atoms. The Hall–Kier alpha value is -1.59. The van der Waals surface area contributed by atoms with Gasteiger partial charge in [0.1, 0.15) is 6.61 Å². The number of benzene rings is 2. The maximum atomic E-state index is 10.9. The second-order valence-corrected chi connectivity index (χ2v) is 6.64. The summed E-state index contributed by atoms with van der Waals surface area (Å²) >= 11 is 0. The Bertz CT molecular complexity index is 579. The second-order valence-electron chi connectivity index (χ2n) is 4.37. The molecule has 0 N–H and O–H groups in total. The van der Waals surface area contributed by atoms with Gasteiger partial charge in [-0.1, -0.05) is 51.4 Å². The van der Waals surface area contributed by atoms with Crippen molar-refractivity contribution in [2.24, 2.45) is 0 Å². The summed E-state index contributed by atoms with van der Waals surface area (Å²) in [6, 6.07) is 16.4. The van der Waals surface area contributed by atoms with Crippen LogP contribution in [0, 0.1) is 6.92 Å². The van der Waals surface area contributed by atoms with E-state index in [1.165, 1.54) is 17.6 Å². The number of ether oxygens (including phenoxy) is 2. The Morgan fingerprint density at radius 3 is 2.00 bits per heavy atom. The SMILES string of the molecule is COC(=O)OCc1ccc(SSc2ccc(C)cc2)cc1. The van der Waals surface area contributed by atoms with Crippen LogP contribution in [0.5, 0.6) is 0 Å². The van der Waals surface area contributed by atoms with E-state index in [0.717, 1.165) is 10.5 Å². The highest BCUT2D eigenvalue weighted by Crippen LogP contribution is 2.37. The van der Waals surface area contributed by atoms with Gasteiger partial charge in [0, 0.05) is 9.79 Å². The van der Waals surface area contributed by atoms with Crippen LogP contribution in [0.2, 0.25) is 0 Å². The van der Waals surface area contributed by atoms with Crippen molar-refractivity contribution in [2.75, 3.05) is 7.11 Å². The molecule has 2 aromatic rings. The van der Waals surface area contributed by atoms with Crippen LogP contribution in [0.1, 0.15) is 11.1 Å². The summed E-state index contributed by atoms with van der Waals surface area (Å²) in [6.45, 7) is 2.30. The van der Waals surface area contributed by atoms with E-state index in [-0.39, 0.29) is 6.61 Å². The molecule has 0 aromatic heterocycles. The fourth-order valence-electron chi connectivity index (χ4n) is 1.53. The summed E-state index contributed by atoms with van der Waals surface area (Å²) in [7, 11) is 4.72. The maximum Gasteiger partial charge on any atom is 0.508 e. The molecule has 0 saturated carbocycles. The molecule has 0 amide bonds. The quantitative estimate of drug-likeness (QED) is 0.567. The molecule has 110 valence electrons. The van der Waals surface area contributed by atoms with E-state index in [1.54, 1.807) is 21.6 Å². The topological polar surface area (TPSA) is 35.5 Å². The number of rotatable bonds is 5. The number of hydrogen-bond acceptors (Lipinski definition) is 5. The maximum absolute atomic E-state index is 10.9. The summed E-state index contributed by atoms with van der Waals surface area (Å²) in [5, 5.41) is 0. The van der Waals surface area contributed by atoms with E-state index in [9.17, 15) is 4.79 Å². The largest absolute Gasteiger partial charge is 0.508 e. The molecule has 2 rings (SSSR count). The summed E-state index contributed by atoms with van der Waals surface area (Å²) in [6.07, 6.45) is -0.664. The van der Waals surface area contributed by atoms with Crippen LogP contribution >= 0.6 is 21.6 Å². The Morgan fingerprint density at radius 2 is 1.48 bits per heavy atom. The van der Waals surface area contributed by atoms with Crippen LogP contribution in [0.3, 0.4) is 0 Å². The first-order chi connectivity index (χ1) is 10.2. The molecule has 21 heavy (non-hydrogen) atoms. The van der Waals surface area contributed by atoms with Gasteiger partial charge in [0.2, 0.25) is 0 Å². The van der Waals surface area contributed by atoms with Gasteiger partial charge in [0.05, 0.1) is 7.11 Å². The third-order valence-corrected chi connectivity index (χ3v) is 5.12. The zero-order valence-electron chi connectivity index (χ0n) is 11.9. The van der Waals surface area contributed by atoms with Gasteiger partial charge < -0.3 is 9.47 Å². The molecule has 2 aromatic carbocycles. The third-order valence-electron chi connectivity index (χ3n) is 2.70. The third kappa shape index (κ3) is 5.36. The van der Waals surface area contributed by atoms with Gasteiger partial charge in [0.25, 0.3) is 0 Å². The van der Waals surface area contributed by atoms with Crippen molar-refractivity contribution in [3.63, 3.8) is 0 Å². The lowest BCUT2D eigenvalue weighted by Gasteiger charge is -2.05. The number of carbonyl (C=O) groups excluding carboxylic acids is 1. The van der Waals surface area contributed by atoms with Crippen molar-refractivity contribution in [1.82, 2.24) is 0 Å². The van der Waals surface area contributed by atoms with Crippen LogP contribution in [0.15, 0.2) is 58.3 Å². The number of aryl methyl sites for hydroxylation is 1. The van der Waals surface area contributed by atoms with E-state index < -0.39 is 6.16 Å². The van der Waals surface area contributed by atoms with Gasteiger partial charge in [-0.05, 0) is 36.8 Å². The van der Waals surface area contributed by atoms with Crippen molar-refractivity contribution in [1.29, 1.82) is 0 Å². The van der Waals surface area contributed by atoms with E-state index >= 15 is 0 Å². The number of hydrogen-bond donors (Lipinski definition) is 0. The standard InChI is InChI=1S/C16H16O3S2/c1-12-3-7-14(8-4-12)20-21-15-9-5-13(6-10-15)11-19-16(17)18-2/h3-10H,11H2,1-2H3. The smallest absolute Gasteiger partial charge is 0.438 e. The van der Waals surface area contributed by atoms with Crippen LogP contribution in [-0.4, -0.2) is 13.3 Å². The zero-order valence-corrected chi connectivity index (χ0v) is 13.5. The first-order valence-corrected chi connectivity index (χ1v) is 8.53. The van der Waals surface area contributed by atoms with Gasteiger partial charge >= 0.3 is 6.16 Å². The highest BCUT2D eigenvalue weighted by atomic mass is 33.1. The lowest BCUT2D eigenvalue weighted by atomic mass is 10.2. The summed E-state index contributed by atoms with van der Waals surface area (Å²) in [4.78, 5) is 13.3. The summed E-state index contributed by atoms with van der Waals surface area (Å²) in [5.41, 5.74) is 2.20. The molecular formula is C16H16O3S2. The van der Waals surface area contributed by atoms with Crippen molar-refractivity contribution < 1.29 is 14.3 Å². The Kier molecular flexibility index (Phi) is 6.02. The molecule has 0 aliphatic rings. The predicted molar refractivity (Wildman–Crippen MR) is 86.5 cm³/mol. The van der Waals surface area contributed by atoms with Crippen molar-refractivity contribution >= 4 is 27.7 Å². The van der Waals surface area contributed by atoms with Crippen LogP contribution in [0.25, 0.3) is 0 Å². The molecular weight excluding hydrogens is 304 g/mol. The Morgan fingerprint density at radius 1 is 0.952 bits per heavy atom. The molecule has 0 fully saturated rings. The summed E-state index contributed by atoms with van der Waals surface area (Å²) in [5.74, 6) is 0. The van der Waals surface area contributed by atoms with Gasteiger partial charge in [-0.15, -0.1) is 0 Å². The highest BCUT2D eigenvalue weighted by molar-refractivity contribution is 8.76. The molecule has 0 radical (unpaired) electrons.